The second kappa shape index (κ2) is 6.69. The van der Waals surface area contributed by atoms with Gasteiger partial charge in [-0.3, -0.25) is 10.1 Å². The highest BCUT2D eigenvalue weighted by Crippen LogP contribution is 2.19. The molecule has 2 heterocycles. The predicted octanol–water partition coefficient (Wildman–Crippen LogP) is 2.29. The zero-order chi connectivity index (χ0) is 16.2. The molecule has 0 radical (unpaired) electrons. The largest absolute Gasteiger partial charge is 0.484 e. The van der Waals surface area contributed by atoms with Crippen LogP contribution in [0.2, 0.25) is 0 Å². The predicted molar refractivity (Wildman–Crippen MR) is 83.2 cm³/mol. The van der Waals surface area contributed by atoms with E-state index in [-0.39, 0.29) is 18.3 Å². The molecular weight excluding hydrogens is 321 g/mol. The standard InChI is InChI=1S/C14H14FN5O2S/c1-2-3-11-17-18-14-20(11)19-13(23-14)16-12(21)8-22-10-6-4-9(15)5-7-10/h4-7H,2-3,8H2,1H3,(H,16,19,21). The smallest absolute Gasteiger partial charge is 0.264 e. The van der Waals surface area contributed by atoms with Crippen molar-refractivity contribution in [2.75, 3.05) is 11.9 Å². The summed E-state index contributed by atoms with van der Waals surface area (Å²) in [5.74, 6) is 0.479. The molecule has 0 saturated heterocycles. The number of benzene rings is 1. The Morgan fingerprint density at radius 3 is 2.87 bits per heavy atom. The molecule has 120 valence electrons. The molecule has 0 bridgehead atoms. The van der Waals surface area contributed by atoms with E-state index in [1.807, 2.05) is 6.92 Å². The maximum absolute atomic E-state index is 12.8. The van der Waals surface area contributed by atoms with E-state index in [1.54, 1.807) is 4.52 Å². The lowest BCUT2D eigenvalue weighted by Gasteiger charge is -2.05. The average Bonchev–Trinajstić information content (AvgIpc) is 3.08. The molecule has 23 heavy (non-hydrogen) atoms. The van der Waals surface area contributed by atoms with E-state index in [9.17, 15) is 9.18 Å². The zero-order valence-corrected chi connectivity index (χ0v) is 13.1. The molecule has 0 saturated carbocycles. The summed E-state index contributed by atoms with van der Waals surface area (Å²) in [7, 11) is 0. The van der Waals surface area contributed by atoms with Gasteiger partial charge in [0.25, 0.3) is 5.91 Å². The van der Waals surface area contributed by atoms with E-state index in [1.165, 1.54) is 35.6 Å². The lowest BCUT2D eigenvalue weighted by atomic mass is 10.3. The van der Waals surface area contributed by atoms with E-state index in [4.69, 9.17) is 4.74 Å². The Morgan fingerprint density at radius 1 is 1.35 bits per heavy atom. The molecule has 3 rings (SSSR count). The minimum absolute atomic E-state index is 0.187. The summed E-state index contributed by atoms with van der Waals surface area (Å²) in [5, 5.41) is 15.4. The summed E-state index contributed by atoms with van der Waals surface area (Å²) in [5.41, 5.74) is 0. The monoisotopic (exact) mass is 335 g/mol. The molecule has 1 amide bonds. The van der Waals surface area contributed by atoms with Gasteiger partial charge in [-0.05, 0) is 30.7 Å². The van der Waals surface area contributed by atoms with Crippen molar-refractivity contribution in [2.24, 2.45) is 0 Å². The normalized spacial score (nSPS) is 10.9. The summed E-state index contributed by atoms with van der Waals surface area (Å²) in [4.78, 5) is 12.5. The quantitative estimate of drug-likeness (QED) is 0.747. The molecule has 0 aliphatic heterocycles. The summed E-state index contributed by atoms with van der Waals surface area (Å²) in [6.45, 7) is 1.86. The number of amides is 1. The number of hydrogen-bond donors (Lipinski definition) is 1. The third-order valence-electron chi connectivity index (χ3n) is 2.96. The number of aromatic nitrogens is 4. The van der Waals surface area contributed by atoms with Crippen LogP contribution in [0.5, 0.6) is 5.75 Å². The van der Waals surface area contributed by atoms with E-state index < -0.39 is 0 Å². The average molecular weight is 335 g/mol. The summed E-state index contributed by atoms with van der Waals surface area (Å²) in [6, 6.07) is 5.46. The highest BCUT2D eigenvalue weighted by atomic mass is 32.1. The minimum Gasteiger partial charge on any atom is -0.484 e. The number of ether oxygens (including phenoxy) is 1. The molecule has 0 fully saturated rings. The molecule has 1 aromatic carbocycles. The van der Waals surface area contributed by atoms with Gasteiger partial charge in [-0.25, -0.2) is 4.39 Å². The van der Waals surface area contributed by atoms with Gasteiger partial charge in [0.15, 0.2) is 12.4 Å². The van der Waals surface area contributed by atoms with Gasteiger partial charge in [0, 0.05) is 6.42 Å². The molecule has 0 aliphatic carbocycles. The Kier molecular flexibility index (Phi) is 4.47. The third kappa shape index (κ3) is 3.62. The van der Waals surface area contributed by atoms with Crippen LogP contribution in [0.15, 0.2) is 24.3 Å². The van der Waals surface area contributed by atoms with Crippen molar-refractivity contribution in [3.63, 3.8) is 0 Å². The number of rotatable bonds is 6. The van der Waals surface area contributed by atoms with Gasteiger partial charge in [-0.2, -0.15) is 4.52 Å². The first-order valence-corrected chi connectivity index (χ1v) is 7.86. The molecule has 1 N–H and O–H groups in total. The molecule has 0 unspecified atom stereocenters. The zero-order valence-electron chi connectivity index (χ0n) is 12.3. The summed E-state index contributed by atoms with van der Waals surface area (Å²) in [6.07, 6.45) is 1.71. The number of aryl methyl sites for hydroxylation is 1. The number of hydrogen-bond acceptors (Lipinski definition) is 6. The van der Waals surface area contributed by atoms with Gasteiger partial charge < -0.3 is 4.74 Å². The van der Waals surface area contributed by atoms with Gasteiger partial charge in [0.05, 0.1) is 0 Å². The number of nitrogens with zero attached hydrogens (tertiary/aromatic N) is 4. The second-order valence-electron chi connectivity index (χ2n) is 4.76. The van der Waals surface area contributed by atoms with Crippen molar-refractivity contribution in [1.82, 2.24) is 19.8 Å². The van der Waals surface area contributed by atoms with Crippen molar-refractivity contribution >= 4 is 27.3 Å². The number of carbonyl (C=O) groups is 1. The first-order valence-electron chi connectivity index (χ1n) is 7.05. The molecule has 0 atom stereocenters. The van der Waals surface area contributed by atoms with Crippen LogP contribution in [0.1, 0.15) is 19.2 Å². The number of anilines is 1. The number of fused-ring (bicyclic) bond motifs is 1. The molecule has 0 aliphatic rings. The fourth-order valence-electron chi connectivity index (χ4n) is 1.92. The van der Waals surface area contributed by atoms with Gasteiger partial charge in [-0.1, -0.05) is 18.3 Å². The van der Waals surface area contributed by atoms with Crippen LogP contribution in [0, 0.1) is 5.82 Å². The number of halogens is 1. The van der Waals surface area contributed by atoms with Crippen molar-refractivity contribution in [1.29, 1.82) is 0 Å². The van der Waals surface area contributed by atoms with Crippen LogP contribution in [0.25, 0.3) is 4.96 Å². The Hall–Kier alpha value is -2.55. The van der Waals surface area contributed by atoms with Crippen LogP contribution >= 0.6 is 11.3 Å². The van der Waals surface area contributed by atoms with Crippen molar-refractivity contribution in [2.45, 2.75) is 19.8 Å². The fourth-order valence-corrected chi connectivity index (χ4v) is 2.70. The van der Waals surface area contributed by atoms with Crippen molar-refractivity contribution in [3.8, 4) is 5.75 Å². The van der Waals surface area contributed by atoms with Crippen LogP contribution in [-0.4, -0.2) is 32.3 Å². The van der Waals surface area contributed by atoms with E-state index in [0.29, 0.717) is 15.8 Å². The Morgan fingerprint density at radius 2 is 2.13 bits per heavy atom. The van der Waals surface area contributed by atoms with Crippen LogP contribution in [0.4, 0.5) is 9.52 Å². The summed E-state index contributed by atoms with van der Waals surface area (Å²) >= 11 is 1.24. The highest BCUT2D eigenvalue weighted by Gasteiger charge is 2.13. The third-order valence-corrected chi connectivity index (χ3v) is 3.77. The Balaban J connectivity index is 1.60. The SMILES string of the molecule is CCCc1nnc2sc(NC(=O)COc3ccc(F)cc3)nn12. The molecular formula is C14H14FN5O2S. The maximum atomic E-state index is 12.8. The lowest BCUT2D eigenvalue weighted by molar-refractivity contribution is -0.118. The lowest BCUT2D eigenvalue weighted by Crippen LogP contribution is -2.20. The van der Waals surface area contributed by atoms with Crippen LogP contribution in [0.3, 0.4) is 0 Å². The molecule has 2 aromatic heterocycles. The first-order chi connectivity index (χ1) is 11.2. The Bertz CT molecular complexity index is 814. The molecule has 0 spiro atoms. The van der Waals surface area contributed by atoms with Crippen LogP contribution < -0.4 is 10.1 Å². The van der Waals surface area contributed by atoms with Crippen molar-refractivity contribution in [3.05, 3.63) is 35.9 Å². The topological polar surface area (TPSA) is 81.4 Å². The number of nitrogens with one attached hydrogen (secondary N) is 1. The minimum atomic E-state index is -0.357. The molecule has 3 aromatic rings. The molecule has 7 nitrogen and oxygen atoms in total. The second-order valence-corrected chi connectivity index (χ2v) is 5.71. The maximum Gasteiger partial charge on any atom is 0.264 e. The van der Waals surface area contributed by atoms with Crippen molar-refractivity contribution < 1.29 is 13.9 Å². The van der Waals surface area contributed by atoms with Gasteiger partial charge in [0.1, 0.15) is 11.6 Å². The van der Waals surface area contributed by atoms with Gasteiger partial charge in [0.2, 0.25) is 10.1 Å². The fraction of sp³-hybridized carbons (Fsp3) is 0.286. The van der Waals surface area contributed by atoms with E-state index in [0.717, 1.165) is 18.7 Å². The first kappa shape index (κ1) is 15.3. The Labute approximate surface area is 135 Å². The van der Waals surface area contributed by atoms with Crippen LogP contribution in [-0.2, 0) is 11.2 Å². The summed E-state index contributed by atoms with van der Waals surface area (Å²) < 4.78 is 19.7. The van der Waals surface area contributed by atoms with Gasteiger partial charge in [-0.15, -0.1) is 15.3 Å². The highest BCUT2D eigenvalue weighted by molar-refractivity contribution is 7.20. The van der Waals surface area contributed by atoms with E-state index in [2.05, 4.69) is 20.6 Å². The molecule has 9 heteroatoms. The van der Waals surface area contributed by atoms with E-state index >= 15 is 0 Å². The number of carbonyl (C=O) groups excluding carboxylic acids is 1. The van der Waals surface area contributed by atoms with Gasteiger partial charge >= 0.3 is 0 Å².